The smallest absolute Gasteiger partial charge is 0.335 e. The van der Waals surface area contributed by atoms with Crippen molar-refractivity contribution in [2.24, 2.45) is 0 Å². The Bertz CT molecular complexity index is 117. The fourth-order valence-electron chi connectivity index (χ4n) is 0.244. The predicted octanol–water partition coefficient (Wildman–Crippen LogP) is 0.899. The third kappa shape index (κ3) is 2.51. The molecule has 0 aromatic rings. The molecular formula is C4H6BFIO2. The van der Waals surface area contributed by atoms with Crippen LogP contribution in [0.3, 0.4) is 0 Å². The van der Waals surface area contributed by atoms with Crippen molar-refractivity contribution in [3.8, 4) is 0 Å². The number of halogens is 2. The van der Waals surface area contributed by atoms with Crippen molar-refractivity contribution >= 4 is 33.5 Å². The molecule has 9 heavy (non-hydrogen) atoms. The molecule has 0 aliphatic carbocycles. The van der Waals surface area contributed by atoms with Gasteiger partial charge in [-0.3, -0.25) is 0 Å². The highest BCUT2D eigenvalue weighted by Gasteiger charge is 2.33. The first-order valence-corrected chi connectivity index (χ1v) is 3.51. The van der Waals surface area contributed by atoms with Gasteiger partial charge in [0.2, 0.25) is 0 Å². The standard InChI is InChI=1S/C4H6BFIO2/c1-4(6,5-7)3(8)9-2/h1-2H3. The summed E-state index contributed by atoms with van der Waals surface area (Å²) in [6.45, 7) is 1.14. The number of hydrogen-bond donors (Lipinski definition) is 0. The minimum atomic E-state index is -1.95. The molecule has 1 radical (unpaired) electrons. The number of ether oxygens (including phenoxy) is 1. The molecule has 0 saturated heterocycles. The van der Waals surface area contributed by atoms with Crippen LogP contribution in [0.2, 0.25) is 0 Å². The molecule has 1 unspecified atom stereocenters. The second-order valence-corrected chi connectivity index (χ2v) is 2.30. The topological polar surface area (TPSA) is 26.3 Å². The monoisotopic (exact) mass is 243 g/mol. The van der Waals surface area contributed by atoms with E-state index in [4.69, 9.17) is 0 Å². The summed E-state index contributed by atoms with van der Waals surface area (Å²) in [4.78, 5) is 10.4. The maximum atomic E-state index is 12.7. The molecule has 2 nitrogen and oxygen atoms in total. The largest absolute Gasteiger partial charge is 0.467 e. The van der Waals surface area contributed by atoms with Crippen LogP contribution in [0.4, 0.5) is 4.39 Å². The van der Waals surface area contributed by atoms with E-state index >= 15 is 0 Å². The Morgan fingerprint density at radius 1 is 1.89 bits per heavy atom. The van der Waals surface area contributed by atoms with Crippen molar-refractivity contribution in [2.75, 3.05) is 7.11 Å². The van der Waals surface area contributed by atoms with E-state index in [-0.39, 0.29) is 0 Å². The molecule has 0 aromatic carbocycles. The van der Waals surface area contributed by atoms with E-state index < -0.39 is 11.5 Å². The van der Waals surface area contributed by atoms with E-state index in [1.807, 2.05) is 0 Å². The average molecular weight is 243 g/mol. The Balaban J connectivity index is 3.97. The van der Waals surface area contributed by atoms with Gasteiger partial charge in [0.25, 0.3) is 5.14 Å². The summed E-state index contributed by atoms with van der Waals surface area (Å²) in [5.74, 6) is -0.864. The highest BCUT2D eigenvalue weighted by atomic mass is 127. The van der Waals surface area contributed by atoms with E-state index in [9.17, 15) is 9.18 Å². The molecule has 51 valence electrons. The third-order valence-electron chi connectivity index (χ3n) is 0.789. The fourth-order valence-corrected chi connectivity index (χ4v) is 0.498. The number of esters is 1. The summed E-state index contributed by atoms with van der Waals surface area (Å²) >= 11 is 1.67. The van der Waals surface area contributed by atoms with Gasteiger partial charge in [-0.25, -0.2) is 9.18 Å². The van der Waals surface area contributed by atoms with Crippen LogP contribution in [0.25, 0.3) is 0 Å². The van der Waals surface area contributed by atoms with E-state index in [2.05, 4.69) is 4.74 Å². The van der Waals surface area contributed by atoms with Crippen LogP contribution in [0.1, 0.15) is 6.92 Å². The van der Waals surface area contributed by atoms with Crippen LogP contribution in [0, 0.1) is 0 Å². The molecule has 1 atom stereocenters. The SMILES string of the molecule is COC(=O)C(C)(F)[B]I. The molecule has 0 fully saturated rings. The molecule has 5 heteroatoms. The molecule has 0 rings (SSSR count). The number of carbonyl (C=O) groups is 1. The van der Waals surface area contributed by atoms with Crippen LogP contribution >= 0.6 is 22.4 Å². The fraction of sp³-hybridized carbons (Fsp3) is 0.750. The van der Waals surface area contributed by atoms with E-state index in [0.29, 0.717) is 0 Å². The zero-order valence-electron chi connectivity index (χ0n) is 5.15. The van der Waals surface area contributed by atoms with Gasteiger partial charge in [-0.15, -0.1) is 0 Å². The molecule has 0 N–H and O–H groups in total. The van der Waals surface area contributed by atoms with E-state index in [1.54, 1.807) is 22.4 Å². The van der Waals surface area contributed by atoms with Crippen LogP contribution in [-0.4, -0.2) is 23.8 Å². The molecular weight excluding hydrogens is 237 g/mol. The second kappa shape index (κ2) is 3.38. The molecule has 0 amide bonds. The molecule has 0 saturated carbocycles. The number of methoxy groups -OCH3 is 1. The van der Waals surface area contributed by atoms with Crippen molar-refractivity contribution in [3.05, 3.63) is 0 Å². The minimum absolute atomic E-state index is 0.864. The van der Waals surface area contributed by atoms with Gasteiger partial charge >= 0.3 is 5.97 Å². The predicted molar refractivity (Wildman–Crippen MR) is 41.3 cm³/mol. The van der Waals surface area contributed by atoms with Gasteiger partial charge in [0.05, 0.1) is 7.11 Å². The molecule has 0 bridgehead atoms. The van der Waals surface area contributed by atoms with E-state index in [0.717, 1.165) is 19.2 Å². The minimum Gasteiger partial charge on any atom is -0.467 e. The Morgan fingerprint density at radius 2 is 2.33 bits per heavy atom. The Kier molecular flexibility index (Phi) is 3.46. The Labute approximate surface area is 67.3 Å². The molecule has 0 aromatic heterocycles. The number of carbonyl (C=O) groups excluding carboxylic acids is 1. The van der Waals surface area contributed by atoms with Gasteiger partial charge in [0, 0.05) is 0 Å². The highest BCUT2D eigenvalue weighted by molar-refractivity contribution is 14.1. The number of hydrogen-bond acceptors (Lipinski definition) is 2. The quantitative estimate of drug-likeness (QED) is 0.409. The Hall–Kier alpha value is 0.195. The first-order valence-electron chi connectivity index (χ1n) is 2.26. The van der Waals surface area contributed by atoms with Gasteiger partial charge in [-0.2, -0.15) is 22.4 Å². The van der Waals surface area contributed by atoms with E-state index in [1.165, 1.54) is 0 Å². The van der Waals surface area contributed by atoms with Crippen LogP contribution in [0.15, 0.2) is 0 Å². The van der Waals surface area contributed by atoms with Crippen molar-refractivity contribution < 1.29 is 13.9 Å². The van der Waals surface area contributed by atoms with Gasteiger partial charge in [0.1, 0.15) is 0 Å². The summed E-state index contributed by atoms with van der Waals surface area (Å²) in [6, 6.07) is 0. The second-order valence-electron chi connectivity index (χ2n) is 1.68. The van der Waals surface area contributed by atoms with Crippen LogP contribution in [0.5, 0.6) is 0 Å². The highest BCUT2D eigenvalue weighted by Crippen LogP contribution is 2.12. The van der Waals surface area contributed by atoms with Gasteiger partial charge in [0.15, 0.2) is 5.57 Å². The van der Waals surface area contributed by atoms with Crippen molar-refractivity contribution in [1.82, 2.24) is 0 Å². The lowest BCUT2D eigenvalue weighted by molar-refractivity contribution is -0.148. The summed E-state index contributed by atoms with van der Waals surface area (Å²) in [5, 5.41) is 1.12. The average Bonchev–Trinajstić information content (AvgIpc) is 1.86. The molecule has 0 spiro atoms. The first kappa shape index (κ1) is 9.19. The normalized spacial score (nSPS) is 16.0. The summed E-state index contributed by atoms with van der Waals surface area (Å²) in [7, 11) is 1.15. The summed E-state index contributed by atoms with van der Waals surface area (Å²) in [5.41, 5.74) is -1.95. The van der Waals surface area contributed by atoms with Gasteiger partial charge in [-0.05, 0) is 6.92 Å². The number of rotatable bonds is 2. The molecule has 0 aliphatic heterocycles. The van der Waals surface area contributed by atoms with Crippen molar-refractivity contribution in [3.63, 3.8) is 0 Å². The van der Waals surface area contributed by atoms with Crippen molar-refractivity contribution in [1.29, 1.82) is 0 Å². The molecule has 0 heterocycles. The van der Waals surface area contributed by atoms with Crippen LogP contribution < -0.4 is 0 Å². The Morgan fingerprint density at radius 3 is 2.44 bits per heavy atom. The maximum absolute atomic E-state index is 12.7. The summed E-state index contributed by atoms with van der Waals surface area (Å²) in [6.07, 6.45) is 0. The molecule has 0 aliphatic rings. The lowest BCUT2D eigenvalue weighted by Crippen LogP contribution is -2.35. The number of alkyl halides is 1. The third-order valence-corrected chi connectivity index (χ3v) is 1.96. The zero-order valence-corrected chi connectivity index (χ0v) is 7.31. The lowest BCUT2D eigenvalue weighted by atomic mass is 9.86. The lowest BCUT2D eigenvalue weighted by Gasteiger charge is -2.11. The first-order chi connectivity index (χ1) is 4.04. The zero-order chi connectivity index (χ0) is 7.49. The summed E-state index contributed by atoms with van der Waals surface area (Å²) < 4.78 is 16.8. The van der Waals surface area contributed by atoms with Crippen molar-refractivity contribution in [2.45, 2.75) is 12.5 Å². The maximum Gasteiger partial charge on any atom is 0.335 e. The van der Waals surface area contributed by atoms with Gasteiger partial charge in [-0.1, -0.05) is 0 Å². The van der Waals surface area contributed by atoms with Crippen LogP contribution in [-0.2, 0) is 9.53 Å². The van der Waals surface area contributed by atoms with Gasteiger partial charge < -0.3 is 4.74 Å².